The van der Waals surface area contributed by atoms with E-state index in [1.165, 1.54) is 4.90 Å². The maximum Gasteiger partial charge on any atom is 0.407 e. The van der Waals surface area contributed by atoms with E-state index in [9.17, 15) is 24.6 Å². The lowest BCUT2D eigenvalue weighted by atomic mass is 9.89. The van der Waals surface area contributed by atoms with E-state index in [1.807, 2.05) is 37.3 Å². The lowest BCUT2D eigenvalue weighted by Gasteiger charge is -2.39. The van der Waals surface area contributed by atoms with Crippen LogP contribution in [0, 0.1) is 0 Å². The van der Waals surface area contributed by atoms with Gasteiger partial charge in [-0.2, -0.15) is 0 Å². The first-order valence-corrected chi connectivity index (χ1v) is 16.5. The second-order valence-corrected chi connectivity index (χ2v) is 14.0. The summed E-state index contributed by atoms with van der Waals surface area (Å²) in [4.78, 5) is 39.0. The molecule has 0 unspecified atom stereocenters. The molecule has 0 aliphatic carbocycles. The maximum atomic E-state index is 12.7. The van der Waals surface area contributed by atoms with Gasteiger partial charge in [0.15, 0.2) is 24.2 Å². The van der Waals surface area contributed by atoms with Crippen molar-refractivity contribution in [2.75, 3.05) is 19.6 Å². The highest BCUT2D eigenvalue weighted by atomic mass is 16.8. The van der Waals surface area contributed by atoms with Crippen LogP contribution in [0.15, 0.2) is 30.3 Å². The molecular weight excluding hydrogens is 630 g/mol. The number of aliphatic hydroxyl groups excluding tert-OH is 2. The fourth-order valence-corrected chi connectivity index (χ4v) is 6.44. The zero-order valence-corrected chi connectivity index (χ0v) is 28.2. The van der Waals surface area contributed by atoms with Gasteiger partial charge >= 0.3 is 6.09 Å². The van der Waals surface area contributed by atoms with Crippen LogP contribution in [0.25, 0.3) is 0 Å². The summed E-state index contributed by atoms with van der Waals surface area (Å²) in [5.74, 6) is -2.59. The molecule has 5 saturated heterocycles. The number of benzene rings is 1. The van der Waals surface area contributed by atoms with Crippen LogP contribution in [0.1, 0.15) is 65.9 Å². The smallest absolute Gasteiger partial charge is 0.407 e. The lowest BCUT2D eigenvalue weighted by Crippen LogP contribution is -2.55. The van der Waals surface area contributed by atoms with E-state index in [2.05, 4.69) is 5.32 Å². The molecule has 0 saturated carbocycles. The zero-order chi connectivity index (χ0) is 34.9. The molecule has 5 aliphatic heterocycles. The number of carbonyl (C=O) groups excluding carboxylic acids is 3. The average molecular weight is 680 g/mol. The Morgan fingerprint density at radius 3 is 1.96 bits per heavy atom. The van der Waals surface area contributed by atoms with Crippen LogP contribution < -0.4 is 11.1 Å². The molecule has 5 heterocycles. The van der Waals surface area contributed by atoms with Gasteiger partial charge in [0.05, 0.1) is 6.10 Å². The highest BCUT2D eigenvalue weighted by Gasteiger charge is 2.55. The number of nitrogens with one attached hydrogen (secondary N) is 1. The van der Waals surface area contributed by atoms with Crippen LogP contribution in [-0.2, 0) is 49.4 Å². The molecule has 0 aromatic heterocycles. The van der Waals surface area contributed by atoms with E-state index in [0.717, 1.165) is 5.56 Å². The van der Waals surface area contributed by atoms with Gasteiger partial charge in [-0.1, -0.05) is 30.3 Å². The van der Waals surface area contributed by atoms with Gasteiger partial charge in [0.1, 0.15) is 37.1 Å². The minimum atomic E-state index is -0.923. The molecule has 15 nitrogen and oxygen atoms in total. The SMILES string of the molecule is CC1(C)O[C@H]2O[C@H](CN)[C@H](O)[C@H]2O1.CC1(NC(=O)OCc2ccccc2)CCN(C(=O)C(=O)CC[C@H]2O[C@@H]3OC(C)(C)O[C@@H]3[C@H]2O)CC1. The van der Waals surface area contributed by atoms with Crippen LogP contribution in [0.3, 0.4) is 0 Å². The summed E-state index contributed by atoms with van der Waals surface area (Å²) in [6.07, 6.45) is -4.10. The predicted molar refractivity (Wildman–Crippen MR) is 167 cm³/mol. The summed E-state index contributed by atoms with van der Waals surface area (Å²) < 4.78 is 38.5. The summed E-state index contributed by atoms with van der Waals surface area (Å²) in [7, 11) is 0. The second kappa shape index (κ2) is 14.6. The molecule has 0 bridgehead atoms. The average Bonchev–Trinajstić information content (AvgIpc) is 3.71. The van der Waals surface area contributed by atoms with Crippen molar-refractivity contribution in [2.45, 2.75) is 133 Å². The van der Waals surface area contributed by atoms with Gasteiger partial charge in [0, 0.05) is 31.6 Å². The molecule has 15 heteroatoms. The number of likely N-dealkylation sites (tertiary alicyclic amines) is 1. The van der Waals surface area contributed by atoms with Crippen molar-refractivity contribution in [1.29, 1.82) is 0 Å². The maximum absolute atomic E-state index is 12.7. The first kappa shape index (κ1) is 36.5. The first-order chi connectivity index (χ1) is 22.6. The van der Waals surface area contributed by atoms with Crippen LogP contribution in [0.5, 0.6) is 0 Å². The Balaban J connectivity index is 0.000000288. The van der Waals surface area contributed by atoms with E-state index >= 15 is 0 Å². The monoisotopic (exact) mass is 679 g/mol. The number of alkyl carbamates (subject to hydrolysis) is 1. The Kier molecular flexibility index (Phi) is 11.1. The molecule has 8 atom stereocenters. The molecule has 6 rings (SSSR count). The number of carbonyl (C=O) groups is 3. The van der Waals surface area contributed by atoms with E-state index in [-0.39, 0.29) is 32.1 Å². The molecule has 5 fully saturated rings. The van der Waals surface area contributed by atoms with E-state index in [0.29, 0.717) is 25.9 Å². The molecule has 268 valence electrons. The van der Waals surface area contributed by atoms with Gasteiger partial charge < -0.3 is 59.3 Å². The standard InChI is InChI=1S/C25H34N2O8.C8H15NO4/c1-24(2)34-20-19(29)18(33-22(20)35-24)10-9-17(28)21(30)27-13-11-25(3,12-14-27)26-23(31)32-15-16-7-5-4-6-8-16;1-8(2)12-6-5(10)4(3-9)11-7(6)13-8/h4-8,18-20,22,29H,9-15H2,1-3H3,(H,26,31);4-7,10H,3,9H2,1-2H3/t18-,19+,20-,22-;4-,5+,6-,7-/m11/s1. The molecule has 2 amide bonds. The molecule has 1 aromatic carbocycles. The van der Waals surface area contributed by atoms with Crippen molar-refractivity contribution in [1.82, 2.24) is 10.2 Å². The van der Waals surface area contributed by atoms with Crippen LogP contribution in [-0.4, -0.2) is 119 Å². The number of ether oxygens (including phenoxy) is 7. The number of ketones is 1. The van der Waals surface area contributed by atoms with Gasteiger partial charge in [0.2, 0.25) is 5.78 Å². The number of amides is 2. The lowest BCUT2D eigenvalue weighted by molar-refractivity contribution is -0.215. The number of piperidine rings is 1. The van der Waals surface area contributed by atoms with Crippen molar-refractivity contribution in [3.63, 3.8) is 0 Å². The molecule has 0 spiro atoms. The normalized spacial score (nSPS) is 34.0. The zero-order valence-electron chi connectivity index (χ0n) is 28.2. The van der Waals surface area contributed by atoms with Gasteiger partial charge in [-0.25, -0.2) is 4.79 Å². The number of aliphatic hydroxyl groups is 2. The van der Waals surface area contributed by atoms with Crippen LogP contribution in [0.4, 0.5) is 4.79 Å². The Labute approximate surface area is 280 Å². The van der Waals surface area contributed by atoms with E-state index in [1.54, 1.807) is 27.7 Å². The Bertz CT molecular complexity index is 1290. The molecule has 1 aromatic rings. The van der Waals surface area contributed by atoms with Crippen molar-refractivity contribution in [2.24, 2.45) is 5.73 Å². The highest BCUT2D eigenvalue weighted by Crippen LogP contribution is 2.39. The summed E-state index contributed by atoms with van der Waals surface area (Å²) >= 11 is 0. The van der Waals surface area contributed by atoms with E-state index < -0.39 is 78.0 Å². The molecule has 0 radical (unpaired) electrons. The summed E-state index contributed by atoms with van der Waals surface area (Å²) in [5.41, 5.74) is 5.77. The second-order valence-electron chi connectivity index (χ2n) is 14.0. The van der Waals surface area contributed by atoms with Gasteiger partial charge in [-0.05, 0) is 59.4 Å². The fourth-order valence-electron chi connectivity index (χ4n) is 6.44. The molecular formula is C33H49N3O12. The number of hydrogen-bond acceptors (Lipinski definition) is 13. The van der Waals surface area contributed by atoms with Gasteiger partial charge in [-0.15, -0.1) is 0 Å². The quantitative estimate of drug-likeness (QED) is 0.285. The van der Waals surface area contributed by atoms with Crippen LogP contribution >= 0.6 is 0 Å². The third-order valence-corrected chi connectivity index (χ3v) is 9.13. The van der Waals surface area contributed by atoms with Crippen molar-refractivity contribution < 1.29 is 57.8 Å². The van der Waals surface area contributed by atoms with Gasteiger partial charge in [0.25, 0.3) is 5.91 Å². The highest BCUT2D eigenvalue weighted by molar-refractivity contribution is 6.36. The Hall–Kier alpha value is -2.73. The van der Waals surface area contributed by atoms with Crippen molar-refractivity contribution >= 4 is 17.8 Å². The third kappa shape index (κ3) is 8.70. The number of Topliss-reactive ketones (excluding diaryl/α,β-unsaturated/α-hetero) is 1. The minimum absolute atomic E-state index is 0.0405. The summed E-state index contributed by atoms with van der Waals surface area (Å²) in [5, 5.41) is 23.0. The third-order valence-electron chi connectivity index (χ3n) is 9.13. The van der Waals surface area contributed by atoms with E-state index in [4.69, 9.17) is 38.9 Å². The number of fused-ring (bicyclic) bond motifs is 2. The van der Waals surface area contributed by atoms with Crippen molar-refractivity contribution in [3.05, 3.63) is 35.9 Å². The topological polar surface area (TPSA) is 198 Å². The number of nitrogens with two attached hydrogens (primary N) is 1. The molecule has 5 aliphatic rings. The molecule has 5 N–H and O–H groups in total. The fraction of sp³-hybridized carbons (Fsp3) is 0.727. The number of nitrogens with zero attached hydrogens (tertiary/aromatic N) is 1. The number of hydrogen-bond donors (Lipinski definition) is 4. The number of rotatable bonds is 8. The Morgan fingerprint density at radius 1 is 0.875 bits per heavy atom. The van der Waals surface area contributed by atoms with Gasteiger partial charge in [-0.3, -0.25) is 9.59 Å². The molecule has 48 heavy (non-hydrogen) atoms. The van der Waals surface area contributed by atoms with Crippen LogP contribution in [0.2, 0.25) is 0 Å². The Morgan fingerprint density at radius 2 is 1.42 bits per heavy atom. The van der Waals surface area contributed by atoms with Crippen molar-refractivity contribution in [3.8, 4) is 0 Å². The largest absolute Gasteiger partial charge is 0.445 e. The predicted octanol–water partition coefficient (Wildman–Crippen LogP) is 1.06. The summed E-state index contributed by atoms with van der Waals surface area (Å²) in [6, 6.07) is 9.41. The summed E-state index contributed by atoms with van der Waals surface area (Å²) in [6.45, 7) is 10.1. The first-order valence-electron chi connectivity index (χ1n) is 16.5. The minimum Gasteiger partial charge on any atom is -0.445 e.